The van der Waals surface area contributed by atoms with E-state index in [2.05, 4.69) is 11.1 Å². The Morgan fingerprint density at radius 2 is 2.33 bits per heavy atom. The van der Waals surface area contributed by atoms with Crippen LogP contribution in [0.15, 0.2) is 35.8 Å². The molecule has 0 amide bonds. The third-order valence-electron chi connectivity index (χ3n) is 2.12. The molecule has 2 rings (SSSR count). The lowest BCUT2D eigenvalue weighted by molar-refractivity contribution is 0.583. The molecule has 78 valence electrons. The van der Waals surface area contributed by atoms with Crippen LogP contribution in [0.4, 0.5) is 10.1 Å². The molecule has 0 N–H and O–H groups in total. The molecule has 0 aliphatic carbocycles. The fraction of sp³-hybridized carbons (Fsp3) is 0.182. The molecule has 0 saturated heterocycles. The minimum Gasteiger partial charge on any atom is -0.369 e. The second kappa shape index (κ2) is 4.40. The molecule has 0 saturated carbocycles. The van der Waals surface area contributed by atoms with Crippen LogP contribution in [0.3, 0.4) is 0 Å². The highest BCUT2D eigenvalue weighted by Gasteiger charge is 2.03. The number of thiophene rings is 1. The molecule has 0 aromatic carbocycles. The van der Waals surface area contributed by atoms with Crippen LogP contribution in [0.5, 0.6) is 0 Å². The third kappa shape index (κ3) is 2.53. The quantitative estimate of drug-likeness (QED) is 0.742. The zero-order valence-corrected chi connectivity index (χ0v) is 9.17. The number of halogens is 1. The molecule has 0 radical (unpaired) electrons. The minimum absolute atomic E-state index is 0.439. The number of pyridine rings is 1. The van der Waals surface area contributed by atoms with E-state index in [1.807, 2.05) is 23.4 Å². The van der Waals surface area contributed by atoms with Crippen molar-refractivity contribution in [1.82, 2.24) is 4.98 Å². The van der Waals surface area contributed by atoms with E-state index in [-0.39, 0.29) is 0 Å². The fourth-order valence-corrected chi connectivity index (χ4v) is 2.11. The first kappa shape index (κ1) is 10.1. The number of nitrogens with zero attached hydrogens (tertiary/aromatic N) is 2. The van der Waals surface area contributed by atoms with Crippen LogP contribution in [0, 0.1) is 5.95 Å². The largest absolute Gasteiger partial charge is 0.369 e. The van der Waals surface area contributed by atoms with Gasteiger partial charge in [0.05, 0.1) is 6.54 Å². The Morgan fingerprint density at radius 3 is 3.00 bits per heavy atom. The summed E-state index contributed by atoms with van der Waals surface area (Å²) >= 11 is 1.70. The van der Waals surface area contributed by atoms with E-state index < -0.39 is 5.95 Å². The summed E-state index contributed by atoms with van der Waals surface area (Å²) in [5.74, 6) is -0.439. The molecule has 0 fully saturated rings. The second-order valence-electron chi connectivity index (χ2n) is 3.27. The van der Waals surface area contributed by atoms with Crippen molar-refractivity contribution in [1.29, 1.82) is 0 Å². The minimum atomic E-state index is -0.439. The number of rotatable bonds is 3. The molecule has 0 aliphatic rings. The predicted molar refractivity (Wildman–Crippen MR) is 60.6 cm³/mol. The Morgan fingerprint density at radius 1 is 1.47 bits per heavy atom. The molecule has 0 unspecified atom stereocenters. The van der Waals surface area contributed by atoms with Crippen molar-refractivity contribution < 1.29 is 4.39 Å². The van der Waals surface area contributed by atoms with Gasteiger partial charge in [0.15, 0.2) is 0 Å². The van der Waals surface area contributed by atoms with Gasteiger partial charge >= 0.3 is 0 Å². The molecule has 2 aromatic rings. The van der Waals surface area contributed by atoms with Gasteiger partial charge in [-0.2, -0.15) is 4.39 Å². The van der Waals surface area contributed by atoms with Crippen LogP contribution in [0.25, 0.3) is 0 Å². The molecule has 2 nitrogen and oxygen atoms in total. The predicted octanol–water partition coefficient (Wildman–Crippen LogP) is 2.92. The summed E-state index contributed by atoms with van der Waals surface area (Å²) in [5, 5.41) is 2.04. The van der Waals surface area contributed by atoms with Crippen molar-refractivity contribution in [3.05, 3.63) is 46.7 Å². The van der Waals surface area contributed by atoms with Crippen LogP contribution < -0.4 is 4.90 Å². The lowest BCUT2D eigenvalue weighted by atomic mass is 10.3. The van der Waals surface area contributed by atoms with Crippen molar-refractivity contribution >= 4 is 17.0 Å². The smallest absolute Gasteiger partial charge is 0.214 e. The highest BCUT2D eigenvalue weighted by molar-refractivity contribution is 7.09. The van der Waals surface area contributed by atoms with Crippen LogP contribution >= 0.6 is 11.3 Å². The normalized spacial score (nSPS) is 10.3. The fourth-order valence-electron chi connectivity index (χ4n) is 1.36. The monoisotopic (exact) mass is 222 g/mol. The number of hydrogen-bond acceptors (Lipinski definition) is 3. The van der Waals surface area contributed by atoms with E-state index in [0.717, 1.165) is 12.2 Å². The first-order chi connectivity index (χ1) is 7.25. The van der Waals surface area contributed by atoms with Crippen molar-refractivity contribution in [2.24, 2.45) is 0 Å². The molecule has 4 heteroatoms. The van der Waals surface area contributed by atoms with E-state index in [1.165, 1.54) is 17.1 Å². The Hall–Kier alpha value is -1.42. The van der Waals surface area contributed by atoms with Gasteiger partial charge in [-0.1, -0.05) is 6.07 Å². The van der Waals surface area contributed by atoms with Gasteiger partial charge in [-0.05, 0) is 17.5 Å². The maximum atomic E-state index is 12.9. The summed E-state index contributed by atoms with van der Waals surface area (Å²) in [6.07, 6.45) is 1.48. The molecule has 0 atom stereocenters. The summed E-state index contributed by atoms with van der Waals surface area (Å²) < 4.78 is 12.9. The summed E-state index contributed by atoms with van der Waals surface area (Å²) in [5.41, 5.74) is 0.843. The second-order valence-corrected chi connectivity index (χ2v) is 4.30. The van der Waals surface area contributed by atoms with E-state index in [0.29, 0.717) is 0 Å². The molecule has 15 heavy (non-hydrogen) atoms. The Balaban J connectivity index is 2.11. The van der Waals surface area contributed by atoms with Gasteiger partial charge in [0.2, 0.25) is 5.95 Å². The van der Waals surface area contributed by atoms with Crippen molar-refractivity contribution in [3.8, 4) is 0 Å². The van der Waals surface area contributed by atoms with Crippen LogP contribution in [0.2, 0.25) is 0 Å². The highest BCUT2D eigenvalue weighted by atomic mass is 32.1. The van der Waals surface area contributed by atoms with Gasteiger partial charge in [-0.15, -0.1) is 11.3 Å². The molecule has 0 spiro atoms. The van der Waals surface area contributed by atoms with Gasteiger partial charge in [-0.25, -0.2) is 4.98 Å². The van der Waals surface area contributed by atoms with Crippen LogP contribution in [-0.4, -0.2) is 12.0 Å². The molecule has 0 bridgehead atoms. The van der Waals surface area contributed by atoms with Gasteiger partial charge in [0, 0.05) is 29.9 Å². The maximum absolute atomic E-state index is 12.9. The van der Waals surface area contributed by atoms with E-state index >= 15 is 0 Å². The maximum Gasteiger partial charge on any atom is 0.214 e. The lowest BCUT2D eigenvalue weighted by Crippen LogP contribution is -2.15. The Kier molecular flexibility index (Phi) is 2.97. The number of aromatic nitrogens is 1. The van der Waals surface area contributed by atoms with E-state index in [1.54, 1.807) is 17.4 Å². The zero-order chi connectivity index (χ0) is 10.7. The highest BCUT2D eigenvalue weighted by Crippen LogP contribution is 2.17. The first-order valence-electron chi connectivity index (χ1n) is 4.61. The van der Waals surface area contributed by atoms with E-state index in [9.17, 15) is 4.39 Å². The van der Waals surface area contributed by atoms with Crippen molar-refractivity contribution in [2.45, 2.75) is 6.54 Å². The molecule has 2 heterocycles. The summed E-state index contributed by atoms with van der Waals surface area (Å²) in [6.45, 7) is 0.793. The summed E-state index contributed by atoms with van der Waals surface area (Å²) in [6, 6.07) is 7.32. The standard InChI is InChI=1S/C11H11FN2S/c1-14(8-10-3-2-6-15-10)9-4-5-13-11(12)7-9/h2-7H,8H2,1H3. The van der Waals surface area contributed by atoms with Crippen LogP contribution in [-0.2, 0) is 6.54 Å². The van der Waals surface area contributed by atoms with Gasteiger partial charge in [-0.3, -0.25) is 0 Å². The SMILES string of the molecule is CN(Cc1cccs1)c1ccnc(F)c1. The summed E-state index contributed by atoms with van der Waals surface area (Å²) in [4.78, 5) is 6.78. The van der Waals surface area contributed by atoms with Gasteiger partial charge < -0.3 is 4.90 Å². The topological polar surface area (TPSA) is 16.1 Å². The molecule has 0 aliphatic heterocycles. The van der Waals surface area contributed by atoms with Crippen molar-refractivity contribution in [3.63, 3.8) is 0 Å². The Labute approximate surface area is 92.0 Å². The first-order valence-corrected chi connectivity index (χ1v) is 5.49. The van der Waals surface area contributed by atoms with Gasteiger partial charge in [0.1, 0.15) is 0 Å². The third-order valence-corrected chi connectivity index (χ3v) is 2.99. The molecule has 2 aromatic heterocycles. The number of anilines is 1. The number of hydrogen-bond donors (Lipinski definition) is 0. The van der Waals surface area contributed by atoms with Gasteiger partial charge in [0.25, 0.3) is 0 Å². The molecular weight excluding hydrogens is 211 g/mol. The van der Waals surface area contributed by atoms with E-state index in [4.69, 9.17) is 0 Å². The Bertz CT molecular complexity index is 428. The summed E-state index contributed by atoms with van der Waals surface area (Å²) in [7, 11) is 1.94. The lowest BCUT2D eigenvalue weighted by Gasteiger charge is -2.17. The average molecular weight is 222 g/mol. The van der Waals surface area contributed by atoms with Crippen LogP contribution in [0.1, 0.15) is 4.88 Å². The zero-order valence-electron chi connectivity index (χ0n) is 8.35. The average Bonchev–Trinajstić information content (AvgIpc) is 2.70. The molecular formula is C11H11FN2S. The van der Waals surface area contributed by atoms with Crippen molar-refractivity contribution in [2.75, 3.05) is 11.9 Å².